The van der Waals surface area contributed by atoms with Gasteiger partial charge < -0.3 is 10.2 Å². The number of amides is 2. The summed E-state index contributed by atoms with van der Waals surface area (Å²) in [7, 11) is 0. The molecular weight excluding hydrogens is 286 g/mol. The number of carbonyl (C=O) groups is 2. The Morgan fingerprint density at radius 1 is 1.38 bits per heavy atom. The Kier molecular flexibility index (Phi) is 3.31. The maximum absolute atomic E-state index is 12.6. The van der Waals surface area contributed by atoms with E-state index in [0.717, 1.165) is 23.5 Å². The van der Waals surface area contributed by atoms with Crippen molar-refractivity contribution in [2.24, 2.45) is 5.92 Å². The predicted molar refractivity (Wildman–Crippen MR) is 80.9 cm³/mol. The van der Waals surface area contributed by atoms with Gasteiger partial charge in [-0.2, -0.15) is 0 Å². The van der Waals surface area contributed by atoms with Gasteiger partial charge in [0.1, 0.15) is 16.6 Å². The first kappa shape index (κ1) is 14.5. The van der Waals surface area contributed by atoms with Crippen molar-refractivity contribution >= 4 is 23.2 Å². The Balaban J connectivity index is 1.94. The second-order valence-corrected chi connectivity index (χ2v) is 7.58. The Hall–Kier alpha value is -1.43. The van der Waals surface area contributed by atoms with E-state index in [2.05, 4.69) is 10.3 Å². The van der Waals surface area contributed by atoms with Gasteiger partial charge in [0.05, 0.1) is 12.2 Å². The zero-order valence-corrected chi connectivity index (χ0v) is 13.7. The molecule has 0 bridgehead atoms. The summed E-state index contributed by atoms with van der Waals surface area (Å²) in [5.74, 6) is 0.243. The number of hydrogen-bond donors (Lipinski definition) is 1. The van der Waals surface area contributed by atoms with Crippen molar-refractivity contribution in [1.82, 2.24) is 15.2 Å². The van der Waals surface area contributed by atoms with Crippen LogP contribution < -0.4 is 5.32 Å². The fraction of sp³-hybridized carbons (Fsp3) is 0.667. The largest absolute Gasteiger partial charge is 0.343 e. The molecule has 1 saturated heterocycles. The van der Waals surface area contributed by atoms with Crippen LogP contribution in [0.2, 0.25) is 0 Å². The Morgan fingerprint density at radius 2 is 2.05 bits per heavy atom. The van der Waals surface area contributed by atoms with E-state index >= 15 is 0 Å². The molecule has 1 aliphatic carbocycles. The minimum Gasteiger partial charge on any atom is -0.343 e. The second-order valence-electron chi connectivity index (χ2n) is 6.29. The van der Waals surface area contributed by atoms with Gasteiger partial charge in [-0.25, -0.2) is 4.98 Å². The first-order valence-corrected chi connectivity index (χ1v) is 8.21. The molecular formula is C15H21N3O2S. The van der Waals surface area contributed by atoms with Gasteiger partial charge in [0.15, 0.2) is 0 Å². The summed E-state index contributed by atoms with van der Waals surface area (Å²) in [6.45, 7) is 8.09. The average Bonchev–Trinajstić information content (AvgIpc) is 3.21. The third-order valence-electron chi connectivity index (χ3n) is 4.74. The molecule has 0 radical (unpaired) electrons. The van der Waals surface area contributed by atoms with Crippen LogP contribution in [0.15, 0.2) is 0 Å². The molecule has 2 heterocycles. The second kappa shape index (κ2) is 4.80. The molecule has 3 rings (SSSR count). The number of aromatic nitrogens is 1. The highest BCUT2D eigenvalue weighted by Gasteiger charge is 2.56. The van der Waals surface area contributed by atoms with E-state index in [1.54, 1.807) is 23.2 Å². The number of carbonyl (C=O) groups excluding carboxylic acids is 2. The molecule has 0 aromatic carbocycles. The molecule has 2 aliphatic rings. The Bertz CT molecular complexity index is 589. The van der Waals surface area contributed by atoms with Gasteiger partial charge >= 0.3 is 0 Å². The molecule has 0 spiro atoms. The van der Waals surface area contributed by atoms with Crippen molar-refractivity contribution in [2.75, 3.05) is 0 Å². The zero-order valence-electron chi connectivity index (χ0n) is 12.9. The van der Waals surface area contributed by atoms with E-state index in [1.807, 2.05) is 20.8 Å². The minimum atomic E-state index is -0.725. The number of rotatable bonds is 3. The molecule has 1 N–H and O–H groups in total. The third-order valence-corrected chi connectivity index (χ3v) is 5.80. The standard InChI is InChI=1S/C15H21N3O2S/c1-8-10(3)21-12(16-8)7-18-13(19)9(2)17-14(20)15(18,4)11-5-6-11/h9,11H,5-7H2,1-4H3,(H,17,20). The molecule has 2 fully saturated rings. The number of nitrogens with one attached hydrogen (secondary N) is 1. The topological polar surface area (TPSA) is 62.3 Å². The van der Waals surface area contributed by atoms with Crippen LogP contribution in [0.1, 0.15) is 42.3 Å². The molecule has 2 unspecified atom stereocenters. The molecule has 21 heavy (non-hydrogen) atoms. The number of piperazine rings is 1. The highest BCUT2D eigenvalue weighted by molar-refractivity contribution is 7.11. The molecule has 114 valence electrons. The van der Waals surface area contributed by atoms with Crippen molar-refractivity contribution in [3.63, 3.8) is 0 Å². The number of aryl methyl sites for hydroxylation is 2. The van der Waals surface area contributed by atoms with Crippen LogP contribution in [0.4, 0.5) is 0 Å². The van der Waals surface area contributed by atoms with E-state index in [4.69, 9.17) is 0 Å². The van der Waals surface area contributed by atoms with Crippen LogP contribution in [0.3, 0.4) is 0 Å². The van der Waals surface area contributed by atoms with Crippen molar-refractivity contribution in [2.45, 2.75) is 58.7 Å². The summed E-state index contributed by atoms with van der Waals surface area (Å²) in [5, 5.41) is 3.74. The Morgan fingerprint density at radius 3 is 2.57 bits per heavy atom. The number of hydrogen-bond acceptors (Lipinski definition) is 4. The smallest absolute Gasteiger partial charge is 0.246 e. The Labute approximate surface area is 128 Å². The lowest BCUT2D eigenvalue weighted by Gasteiger charge is -2.45. The third kappa shape index (κ3) is 2.25. The van der Waals surface area contributed by atoms with Crippen LogP contribution in [0.5, 0.6) is 0 Å². The monoisotopic (exact) mass is 307 g/mol. The number of nitrogens with zero attached hydrogens (tertiary/aromatic N) is 2. The van der Waals surface area contributed by atoms with Crippen LogP contribution in [-0.4, -0.2) is 33.3 Å². The fourth-order valence-electron chi connectivity index (χ4n) is 3.03. The van der Waals surface area contributed by atoms with Crippen molar-refractivity contribution < 1.29 is 9.59 Å². The highest BCUT2D eigenvalue weighted by atomic mass is 32.1. The lowest BCUT2D eigenvalue weighted by molar-refractivity contribution is -0.158. The van der Waals surface area contributed by atoms with Crippen LogP contribution >= 0.6 is 11.3 Å². The molecule has 1 aliphatic heterocycles. The van der Waals surface area contributed by atoms with E-state index in [-0.39, 0.29) is 17.7 Å². The molecule has 5 nitrogen and oxygen atoms in total. The molecule has 1 aromatic heterocycles. The predicted octanol–water partition coefficient (Wildman–Crippen LogP) is 1.78. The van der Waals surface area contributed by atoms with E-state index < -0.39 is 11.6 Å². The van der Waals surface area contributed by atoms with Crippen molar-refractivity contribution in [3.8, 4) is 0 Å². The van der Waals surface area contributed by atoms with Crippen LogP contribution in [-0.2, 0) is 16.1 Å². The quantitative estimate of drug-likeness (QED) is 0.926. The summed E-state index contributed by atoms with van der Waals surface area (Å²) in [4.78, 5) is 32.6. The van der Waals surface area contributed by atoms with E-state index in [1.165, 1.54) is 4.88 Å². The van der Waals surface area contributed by atoms with Gasteiger partial charge in [0.2, 0.25) is 11.8 Å². The summed E-state index contributed by atoms with van der Waals surface area (Å²) in [5.41, 5.74) is 0.280. The fourth-order valence-corrected chi connectivity index (χ4v) is 3.95. The van der Waals surface area contributed by atoms with Crippen LogP contribution in [0, 0.1) is 19.8 Å². The van der Waals surface area contributed by atoms with Gasteiger partial charge in [0, 0.05) is 4.88 Å². The number of thiazole rings is 1. The van der Waals surface area contributed by atoms with Gasteiger partial charge in [0.25, 0.3) is 0 Å². The molecule has 1 aromatic rings. The SMILES string of the molecule is Cc1nc(CN2C(=O)C(C)NC(=O)C2(C)C2CC2)sc1C. The summed E-state index contributed by atoms with van der Waals surface area (Å²) < 4.78 is 0. The van der Waals surface area contributed by atoms with Gasteiger partial charge in [-0.1, -0.05) is 0 Å². The molecule has 2 amide bonds. The maximum Gasteiger partial charge on any atom is 0.246 e. The minimum absolute atomic E-state index is 0.00509. The summed E-state index contributed by atoms with van der Waals surface area (Å²) in [6, 6.07) is -0.452. The van der Waals surface area contributed by atoms with Crippen LogP contribution in [0.25, 0.3) is 0 Å². The molecule has 6 heteroatoms. The highest BCUT2D eigenvalue weighted by Crippen LogP contribution is 2.45. The summed E-state index contributed by atoms with van der Waals surface area (Å²) >= 11 is 1.61. The average molecular weight is 307 g/mol. The maximum atomic E-state index is 12.6. The summed E-state index contributed by atoms with van der Waals surface area (Å²) in [6.07, 6.45) is 2.02. The molecule has 1 saturated carbocycles. The van der Waals surface area contributed by atoms with E-state index in [0.29, 0.717) is 6.54 Å². The van der Waals surface area contributed by atoms with Gasteiger partial charge in [-0.15, -0.1) is 11.3 Å². The zero-order chi connectivity index (χ0) is 15.4. The van der Waals surface area contributed by atoms with Crippen molar-refractivity contribution in [3.05, 3.63) is 15.6 Å². The first-order valence-electron chi connectivity index (χ1n) is 7.39. The van der Waals surface area contributed by atoms with Gasteiger partial charge in [-0.05, 0) is 46.5 Å². The normalized spacial score (nSPS) is 29.7. The lowest BCUT2D eigenvalue weighted by Crippen LogP contribution is -2.69. The first-order chi connectivity index (χ1) is 9.84. The van der Waals surface area contributed by atoms with Gasteiger partial charge in [-0.3, -0.25) is 9.59 Å². The van der Waals surface area contributed by atoms with E-state index in [9.17, 15) is 9.59 Å². The molecule has 2 atom stereocenters. The van der Waals surface area contributed by atoms with Crippen molar-refractivity contribution in [1.29, 1.82) is 0 Å². The lowest BCUT2D eigenvalue weighted by atomic mass is 9.88.